The summed E-state index contributed by atoms with van der Waals surface area (Å²) in [4.78, 5) is 14.5. The highest BCUT2D eigenvalue weighted by Gasteiger charge is 2.09. The molecule has 0 saturated carbocycles. The average Bonchev–Trinajstić information content (AvgIpc) is 2.31. The van der Waals surface area contributed by atoms with Crippen LogP contribution in [-0.2, 0) is 4.79 Å². The van der Waals surface area contributed by atoms with E-state index in [2.05, 4.69) is 26.2 Å². The third kappa shape index (κ3) is 2.36. The molecule has 2 N–H and O–H groups in total. The van der Waals surface area contributed by atoms with Gasteiger partial charge in [-0.15, -0.1) is 0 Å². The van der Waals surface area contributed by atoms with E-state index in [4.69, 9.17) is 5.11 Å². The average molecular weight is 299 g/mol. The Balaban J connectivity index is 2.51. The molecule has 6 heteroatoms. The summed E-state index contributed by atoms with van der Waals surface area (Å²) in [5, 5.41) is 12.6. The number of rotatable bonds is 3. The zero-order chi connectivity index (χ0) is 12.4. The number of halogens is 2. The van der Waals surface area contributed by atoms with Gasteiger partial charge >= 0.3 is 5.97 Å². The number of fused-ring (bicyclic) bond motifs is 1. The van der Waals surface area contributed by atoms with Crippen LogP contribution < -0.4 is 5.32 Å². The van der Waals surface area contributed by atoms with Crippen LogP contribution in [0.5, 0.6) is 0 Å². The van der Waals surface area contributed by atoms with Gasteiger partial charge in [0.25, 0.3) is 0 Å². The molecule has 0 aliphatic heterocycles. The highest BCUT2D eigenvalue weighted by Crippen LogP contribution is 2.29. The van der Waals surface area contributed by atoms with E-state index in [0.717, 1.165) is 0 Å². The van der Waals surface area contributed by atoms with Crippen LogP contribution in [-0.4, -0.2) is 22.6 Å². The van der Waals surface area contributed by atoms with Crippen molar-refractivity contribution in [3.05, 3.63) is 34.7 Å². The van der Waals surface area contributed by atoms with E-state index < -0.39 is 5.97 Å². The summed E-state index contributed by atoms with van der Waals surface area (Å²) < 4.78 is 13.7. The zero-order valence-corrected chi connectivity index (χ0v) is 10.2. The highest BCUT2D eigenvalue weighted by atomic mass is 79.9. The van der Waals surface area contributed by atoms with Gasteiger partial charge in [0.1, 0.15) is 18.2 Å². The quantitative estimate of drug-likeness (QED) is 0.914. The second-order valence-electron chi connectivity index (χ2n) is 3.36. The topological polar surface area (TPSA) is 62.2 Å². The number of aliphatic carboxylic acids is 1. The van der Waals surface area contributed by atoms with E-state index >= 15 is 0 Å². The fourth-order valence-corrected chi connectivity index (χ4v) is 1.97. The molecule has 1 aromatic heterocycles. The third-order valence-corrected chi connectivity index (χ3v) is 3.05. The molecule has 2 rings (SSSR count). The van der Waals surface area contributed by atoms with Crippen LogP contribution in [0.3, 0.4) is 0 Å². The molecule has 88 valence electrons. The largest absolute Gasteiger partial charge is 0.480 e. The van der Waals surface area contributed by atoms with Crippen molar-refractivity contribution < 1.29 is 14.3 Å². The summed E-state index contributed by atoms with van der Waals surface area (Å²) >= 11 is 3.15. The maximum atomic E-state index is 13.3. The van der Waals surface area contributed by atoms with Crippen LogP contribution in [0.2, 0.25) is 0 Å². The van der Waals surface area contributed by atoms with Gasteiger partial charge in [0.05, 0.1) is 4.47 Å². The molecule has 0 amide bonds. The molecule has 0 radical (unpaired) electrons. The monoisotopic (exact) mass is 298 g/mol. The van der Waals surface area contributed by atoms with Crippen LogP contribution in [0.25, 0.3) is 10.8 Å². The number of pyridine rings is 1. The molecule has 0 fully saturated rings. The molecule has 0 aliphatic carbocycles. The number of benzene rings is 1. The Morgan fingerprint density at radius 1 is 1.41 bits per heavy atom. The summed E-state index contributed by atoms with van der Waals surface area (Å²) in [6, 6.07) is 4.53. The van der Waals surface area contributed by atoms with E-state index in [9.17, 15) is 9.18 Å². The van der Waals surface area contributed by atoms with Crippen molar-refractivity contribution in [1.29, 1.82) is 0 Å². The molecule has 0 saturated heterocycles. The number of carboxylic acids is 1. The minimum atomic E-state index is -0.981. The van der Waals surface area contributed by atoms with Crippen molar-refractivity contribution in [2.45, 2.75) is 0 Å². The Labute approximate surface area is 105 Å². The minimum absolute atomic E-state index is 0.235. The Hall–Kier alpha value is -1.69. The lowest BCUT2D eigenvalue weighted by molar-refractivity contribution is -0.134. The lowest BCUT2D eigenvalue weighted by Gasteiger charge is -2.08. The first-order valence-electron chi connectivity index (χ1n) is 4.78. The van der Waals surface area contributed by atoms with E-state index in [-0.39, 0.29) is 12.4 Å². The summed E-state index contributed by atoms with van der Waals surface area (Å²) in [6.07, 6.45) is 1.50. The van der Waals surface area contributed by atoms with Crippen LogP contribution in [0.4, 0.5) is 10.2 Å². The van der Waals surface area contributed by atoms with Crippen molar-refractivity contribution in [2.24, 2.45) is 0 Å². The number of aromatic nitrogens is 1. The number of carbonyl (C=O) groups is 1. The smallest absolute Gasteiger partial charge is 0.322 e. The van der Waals surface area contributed by atoms with Gasteiger partial charge in [0.2, 0.25) is 0 Å². The predicted octanol–water partition coefficient (Wildman–Crippen LogP) is 2.63. The van der Waals surface area contributed by atoms with Crippen LogP contribution in [0.1, 0.15) is 0 Å². The first-order valence-corrected chi connectivity index (χ1v) is 5.57. The van der Waals surface area contributed by atoms with Gasteiger partial charge in [-0.2, -0.15) is 0 Å². The number of anilines is 1. The fraction of sp³-hybridized carbons (Fsp3) is 0.0909. The second-order valence-corrected chi connectivity index (χ2v) is 4.16. The molecular weight excluding hydrogens is 291 g/mol. The molecule has 1 aromatic carbocycles. The number of hydrogen-bond donors (Lipinski definition) is 2. The van der Waals surface area contributed by atoms with Crippen LogP contribution >= 0.6 is 15.9 Å². The molecule has 1 heterocycles. The first kappa shape index (κ1) is 11.8. The van der Waals surface area contributed by atoms with E-state index in [0.29, 0.717) is 21.1 Å². The summed E-state index contributed by atoms with van der Waals surface area (Å²) in [5.74, 6) is -0.927. The van der Waals surface area contributed by atoms with Crippen molar-refractivity contribution in [3.63, 3.8) is 0 Å². The van der Waals surface area contributed by atoms with E-state index in [1.54, 1.807) is 12.1 Å². The van der Waals surface area contributed by atoms with Crippen LogP contribution in [0, 0.1) is 5.82 Å². The maximum Gasteiger partial charge on any atom is 0.322 e. The van der Waals surface area contributed by atoms with Gasteiger partial charge in [0, 0.05) is 17.0 Å². The summed E-state index contributed by atoms with van der Waals surface area (Å²) in [7, 11) is 0. The third-order valence-electron chi connectivity index (χ3n) is 2.24. The predicted molar refractivity (Wildman–Crippen MR) is 65.5 cm³/mol. The molecule has 0 aliphatic rings. The first-order chi connectivity index (χ1) is 8.09. The lowest BCUT2D eigenvalue weighted by Crippen LogP contribution is -2.13. The van der Waals surface area contributed by atoms with E-state index in [1.807, 2.05) is 0 Å². The Kier molecular flexibility index (Phi) is 3.23. The SMILES string of the molecule is O=C(O)CNc1nccc2c(Br)c(F)ccc12. The normalized spacial score (nSPS) is 10.5. The number of carboxylic acid groups (broad SMARTS) is 1. The number of nitrogens with zero attached hydrogens (tertiary/aromatic N) is 1. The van der Waals surface area contributed by atoms with Gasteiger partial charge in [-0.25, -0.2) is 9.37 Å². The summed E-state index contributed by atoms with van der Waals surface area (Å²) in [6.45, 7) is -0.235. The van der Waals surface area contributed by atoms with Gasteiger partial charge in [-0.3, -0.25) is 4.79 Å². The van der Waals surface area contributed by atoms with Crippen molar-refractivity contribution >= 4 is 38.5 Å². The van der Waals surface area contributed by atoms with Gasteiger partial charge in [-0.1, -0.05) is 0 Å². The molecule has 0 unspecified atom stereocenters. The number of nitrogens with one attached hydrogen (secondary N) is 1. The lowest BCUT2D eigenvalue weighted by atomic mass is 10.1. The standard InChI is InChI=1S/C11H8BrFN2O2/c12-10-6-3-4-14-11(15-5-9(16)17)7(6)1-2-8(10)13/h1-4H,5H2,(H,14,15)(H,16,17). The summed E-state index contributed by atoms with van der Waals surface area (Å²) in [5.41, 5.74) is 0. The molecule has 17 heavy (non-hydrogen) atoms. The van der Waals surface area contributed by atoms with Gasteiger partial charge in [-0.05, 0) is 34.1 Å². The minimum Gasteiger partial charge on any atom is -0.480 e. The number of hydrogen-bond acceptors (Lipinski definition) is 3. The van der Waals surface area contributed by atoms with Gasteiger partial charge in [0.15, 0.2) is 0 Å². The van der Waals surface area contributed by atoms with Crippen molar-refractivity contribution in [1.82, 2.24) is 4.98 Å². The molecule has 4 nitrogen and oxygen atoms in total. The Morgan fingerprint density at radius 3 is 2.88 bits per heavy atom. The van der Waals surface area contributed by atoms with Crippen LogP contribution in [0.15, 0.2) is 28.9 Å². The highest BCUT2D eigenvalue weighted by molar-refractivity contribution is 9.10. The molecule has 2 aromatic rings. The van der Waals surface area contributed by atoms with Crippen molar-refractivity contribution in [3.8, 4) is 0 Å². The second kappa shape index (κ2) is 4.67. The Bertz CT molecular complexity index is 589. The van der Waals surface area contributed by atoms with Crippen molar-refractivity contribution in [2.75, 3.05) is 11.9 Å². The molecule has 0 spiro atoms. The fourth-order valence-electron chi connectivity index (χ4n) is 1.49. The van der Waals surface area contributed by atoms with E-state index in [1.165, 1.54) is 12.3 Å². The Morgan fingerprint density at radius 2 is 2.18 bits per heavy atom. The zero-order valence-electron chi connectivity index (χ0n) is 8.58. The van der Waals surface area contributed by atoms with Gasteiger partial charge < -0.3 is 10.4 Å². The molecular formula is C11H8BrFN2O2. The molecule has 0 atom stereocenters. The molecule has 0 bridgehead atoms. The maximum absolute atomic E-state index is 13.3.